The average molecular weight is 415 g/mol. The van der Waals surface area contributed by atoms with Gasteiger partial charge in [0.1, 0.15) is 0 Å². The molecule has 1 unspecified atom stereocenters. The Hall–Kier alpha value is 1.79. The molecule has 1 atom stereocenters. The molecule has 1 saturated carbocycles. The van der Waals surface area contributed by atoms with Crippen LogP contribution in [0.4, 0.5) is 0 Å². The summed E-state index contributed by atoms with van der Waals surface area (Å²) < 4.78 is 0. The topological polar surface area (TPSA) is 0 Å². The Morgan fingerprint density at radius 3 is 1.44 bits per heavy atom. The van der Waals surface area contributed by atoms with Gasteiger partial charge >= 0.3 is 22.4 Å². The molecule has 62 valence electrons. The molecule has 0 saturated heterocycles. The maximum atomic E-state index is 2.39. The maximum Gasteiger partial charge on any atom is 1.00 e. The van der Waals surface area contributed by atoms with E-state index in [9.17, 15) is 0 Å². The Morgan fingerprint density at radius 1 is 0.889 bits per heavy atom. The van der Waals surface area contributed by atoms with E-state index < -0.39 is 0 Å². The first kappa shape index (κ1) is 17.0. The van der Waals surface area contributed by atoms with E-state index in [0.29, 0.717) is 0 Å². The second-order valence-electron chi connectivity index (χ2n) is 1.93. The molecule has 1 aliphatic carbocycles. The van der Waals surface area contributed by atoms with Crippen molar-refractivity contribution in [1.29, 1.82) is 0 Å². The molecule has 1 fully saturated rings. The molecule has 9 heavy (non-hydrogen) atoms. The fourth-order valence-electron chi connectivity index (χ4n) is 0.898. The van der Waals surface area contributed by atoms with Crippen LogP contribution in [0.25, 0.3) is 0 Å². The molecule has 0 aromatic rings. The minimum absolute atomic E-state index is 0. The van der Waals surface area contributed by atoms with Crippen molar-refractivity contribution >= 4 is 9.90 Å². The molecule has 1 rings (SSSR count). The van der Waals surface area contributed by atoms with E-state index in [4.69, 9.17) is 0 Å². The second-order valence-corrected chi connectivity index (χ2v) is 1.93. The van der Waals surface area contributed by atoms with Gasteiger partial charge in [0.25, 0.3) is 0 Å². The third-order valence-electron chi connectivity index (χ3n) is 1.32. The van der Waals surface area contributed by atoms with E-state index in [1.165, 1.54) is 32.1 Å². The van der Waals surface area contributed by atoms with Crippen LogP contribution < -0.4 is 0 Å². The fraction of sp³-hybridized carbons (Fsp3) is 0.833. The summed E-state index contributed by atoms with van der Waals surface area (Å²) in [6.45, 7) is 0. The van der Waals surface area contributed by atoms with Gasteiger partial charge in [-0.15, -0.1) is 0 Å². The first-order chi connectivity index (χ1) is 3.00. The number of hydrogen-bond donors (Lipinski definition) is 0. The smallest absolute Gasteiger partial charge is 0.328 e. The monoisotopic (exact) mass is 416 g/mol. The third kappa shape index (κ3) is 9.79. The van der Waals surface area contributed by atoms with Crippen LogP contribution in [0.2, 0.25) is 0 Å². The van der Waals surface area contributed by atoms with Gasteiger partial charge in [-0.3, -0.25) is 0 Å². The van der Waals surface area contributed by atoms with Crippen molar-refractivity contribution in [3.63, 3.8) is 0 Å². The molecular formula is C6H14AuPRu. The van der Waals surface area contributed by atoms with Gasteiger partial charge in [0.05, 0.1) is 0 Å². The van der Waals surface area contributed by atoms with E-state index in [-0.39, 0.29) is 51.8 Å². The van der Waals surface area contributed by atoms with E-state index in [0.717, 1.165) is 0 Å². The molecule has 1 aliphatic rings. The summed E-state index contributed by atoms with van der Waals surface area (Å²) in [5.74, 6) is 0. The summed E-state index contributed by atoms with van der Waals surface area (Å²) in [6.07, 6.45) is 9.50. The predicted molar refractivity (Wildman–Crippen MR) is 38.5 cm³/mol. The zero-order chi connectivity index (χ0) is 4.24. The normalized spacial score (nSPS) is 16.0. The van der Waals surface area contributed by atoms with Gasteiger partial charge in [0, 0.05) is 19.5 Å². The van der Waals surface area contributed by atoms with Gasteiger partial charge in [0.15, 0.2) is 0 Å². The van der Waals surface area contributed by atoms with Crippen molar-refractivity contribution in [2.75, 3.05) is 0 Å². The summed E-state index contributed by atoms with van der Waals surface area (Å²) in [7, 11) is 0. The van der Waals surface area contributed by atoms with Crippen molar-refractivity contribution in [3.05, 3.63) is 6.42 Å². The zero-order valence-corrected chi connectivity index (χ0v) is 10.8. The Bertz CT molecular complexity index is 28.5. The minimum atomic E-state index is 0. The van der Waals surface area contributed by atoms with Crippen LogP contribution in [0.1, 0.15) is 32.1 Å². The van der Waals surface area contributed by atoms with E-state index in [1.807, 2.05) is 0 Å². The molecule has 0 nitrogen and oxygen atoms in total. The van der Waals surface area contributed by atoms with Gasteiger partial charge in [0.2, 0.25) is 0 Å². The van der Waals surface area contributed by atoms with Crippen molar-refractivity contribution in [2.45, 2.75) is 32.1 Å². The Balaban J connectivity index is -0.000000120. The van der Waals surface area contributed by atoms with Crippen molar-refractivity contribution in [2.24, 2.45) is 0 Å². The summed E-state index contributed by atoms with van der Waals surface area (Å²) >= 11 is 0. The van der Waals surface area contributed by atoms with Gasteiger partial charge < -0.3 is 6.42 Å². The summed E-state index contributed by atoms with van der Waals surface area (Å²) in [5, 5.41) is 0. The Labute approximate surface area is 89.8 Å². The van der Waals surface area contributed by atoms with Crippen molar-refractivity contribution in [3.8, 4) is 0 Å². The number of hydrogen-bond acceptors (Lipinski definition) is 0. The van der Waals surface area contributed by atoms with Crippen LogP contribution in [0.15, 0.2) is 0 Å². The van der Waals surface area contributed by atoms with Gasteiger partial charge in [-0.25, -0.2) is 0 Å². The van der Waals surface area contributed by atoms with Crippen LogP contribution >= 0.6 is 9.90 Å². The van der Waals surface area contributed by atoms with E-state index in [1.54, 1.807) is 0 Å². The molecular weight excluding hydrogens is 401 g/mol. The summed E-state index contributed by atoms with van der Waals surface area (Å²) in [6, 6.07) is 0. The Kier molecular flexibility index (Phi) is 23.6. The van der Waals surface area contributed by atoms with Crippen molar-refractivity contribution in [1.82, 2.24) is 0 Å². The Morgan fingerprint density at radius 2 is 1.33 bits per heavy atom. The van der Waals surface area contributed by atoms with Crippen LogP contribution in [-0.4, -0.2) is 0 Å². The maximum absolute atomic E-state index is 2.39. The summed E-state index contributed by atoms with van der Waals surface area (Å²) in [5.41, 5.74) is 0. The van der Waals surface area contributed by atoms with Gasteiger partial charge in [-0.1, -0.05) is 19.3 Å². The predicted octanol–water partition coefficient (Wildman–Crippen LogP) is 2.21. The molecule has 0 spiro atoms. The van der Waals surface area contributed by atoms with Gasteiger partial charge in [-0.05, 0) is 0 Å². The largest absolute Gasteiger partial charge is 1.00 e. The summed E-state index contributed by atoms with van der Waals surface area (Å²) in [4.78, 5) is 0. The van der Waals surface area contributed by atoms with Crippen LogP contribution in [0.5, 0.6) is 0 Å². The first-order valence-electron chi connectivity index (χ1n) is 2.82. The van der Waals surface area contributed by atoms with E-state index >= 15 is 0 Å². The standard InChI is InChI=1S/C6H11.Au.H3P.Ru/c1-2-4-6-5-3-1;;;/h1H,2-6H2;;1H3;/q-1;+1;;. The molecule has 0 aliphatic heterocycles. The molecule has 0 radical (unpaired) electrons. The molecule has 0 aromatic carbocycles. The molecule has 3 heteroatoms. The van der Waals surface area contributed by atoms with Crippen LogP contribution in [0.3, 0.4) is 0 Å². The van der Waals surface area contributed by atoms with E-state index in [2.05, 4.69) is 6.42 Å². The van der Waals surface area contributed by atoms with Crippen LogP contribution in [0, 0.1) is 6.42 Å². The second kappa shape index (κ2) is 12.5. The van der Waals surface area contributed by atoms with Crippen LogP contribution in [-0.2, 0) is 41.9 Å². The molecule has 0 heterocycles. The minimum Gasteiger partial charge on any atom is -0.328 e. The quantitative estimate of drug-likeness (QED) is 0.324. The molecule has 0 amide bonds. The molecule has 0 bridgehead atoms. The third-order valence-corrected chi connectivity index (χ3v) is 1.32. The first-order valence-corrected chi connectivity index (χ1v) is 2.82. The SMILES string of the molecule is P.[Au+].[CH-]1CCCCC1.[Ru]. The fourth-order valence-corrected chi connectivity index (χ4v) is 0.898. The zero-order valence-electron chi connectivity index (χ0n) is 5.48. The molecule has 0 N–H and O–H groups in total. The molecule has 0 aromatic heterocycles. The van der Waals surface area contributed by atoms with Gasteiger partial charge in [-0.2, -0.15) is 22.7 Å². The average Bonchev–Trinajstić information content (AvgIpc) is 1.72. The van der Waals surface area contributed by atoms with Crippen molar-refractivity contribution < 1.29 is 41.9 Å². The number of rotatable bonds is 0.